The summed E-state index contributed by atoms with van der Waals surface area (Å²) in [5.41, 5.74) is 0.297. The average Bonchev–Trinajstić information content (AvgIpc) is 2.43. The van der Waals surface area contributed by atoms with Crippen molar-refractivity contribution in [1.82, 2.24) is 10.2 Å². The first kappa shape index (κ1) is 15.4. The molecule has 1 heterocycles. The first-order chi connectivity index (χ1) is 8.98. The van der Waals surface area contributed by atoms with Gasteiger partial charge in [-0.2, -0.15) is 0 Å². The van der Waals surface area contributed by atoms with E-state index in [1.165, 1.54) is 7.11 Å². The monoisotopic (exact) mass is 267 g/mol. The molecule has 6 heteroatoms. The highest BCUT2D eigenvalue weighted by atomic mass is 16.5. The molecule has 1 aromatic rings. The molecular weight excluding hydrogens is 246 g/mol. The number of hydrogen-bond donors (Lipinski definition) is 1. The molecule has 19 heavy (non-hydrogen) atoms. The Morgan fingerprint density at radius 2 is 2.05 bits per heavy atom. The number of esters is 1. The number of aromatic nitrogens is 2. The van der Waals surface area contributed by atoms with Crippen molar-refractivity contribution in [3.63, 3.8) is 0 Å². The first-order valence-corrected chi connectivity index (χ1v) is 6.13. The van der Waals surface area contributed by atoms with Crippen LogP contribution in [0.1, 0.15) is 30.8 Å². The highest BCUT2D eigenvalue weighted by molar-refractivity contribution is 5.86. The highest BCUT2D eigenvalue weighted by Gasteiger charge is 2.17. The standard InChI is InChI=1S/C13H21N3O3/c1-13(2,7-8-18-3)9-14-11-6-5-10(15-16-11)12(17)19-4/h5-6H,7-9H2,1-4H3,(H,14,16). The maximum absolute atomic E-state index is 11.2. The van der Waals surface area contributed by atoms with E-state index in [2.05, 4.69) is 34.1 Å². The van der Waals surface area contributed by atoms with Gasteiger partial charge in [-0.3, -0.25) is 0 Å². The van der Waals surface area contributed by atoms with E-state index in [1.54, 1.807) is 19.2 Å². The fourth-order valence-corrected chi connectivity index (χ4v) is 1.44. The predicted molar refractivity (Wildman–Crippen MR) is 72.1 cm³/mol. The van der Waals surface area contributed by atoms with Crippen LogP contribution in [0.2, 0.25) is 0 Å². The zero-order valence-electron chi connectivity index (χ0n) is 11.9. The molecule has 1 aromatic heterocycles. The maximum Gasteiger partial charge on any atom is 0.358 e. The second-order valence-corrected chi connectivity index (χ2v) is 5.06. The average molecular weight is 267 g/mol. The maximum atomic E-state index is 11.2. The third kappa shape index (κ3) is 5.21. The largest absolute Gasteiger partial charge is 0.464 e. The second kappa shape index (κ2) is 7.04. The van der Waals surface area contributed by atoms with Gasteiger partial charge in [-0.05, 0) is 24.0 Å². The van der Waals surface area contributed by atoms with Gasteiger partial charge in [0.15, 0.2) is 5.69 Å². The minimum Gasteiger partial charge on any atom is -0.464 e. The van der Waals surface area contributed by atoms with Crippen molar-refractivity contribution in [3.05, 3.63) is 17.8 Å². The number of carbonyl (C=O) groups is 1. The van der Waals surface area contributed by atoms with E-state index in [0.717, 1.165) is 19.6 Å². The number of methoxy groups -OCH3 is 2. The van der Waals surface area contributed by atoms with Crippen LogP contribution >= 0.6 is 0 Å². The van der Waals surface area contributed by atoms with Crippen molar-refractivity contribution in [2.24, 2.45) is 5.41 Å². The van der Waals surface area contributed by atoms with Gasteiger partial charge in [0, 0.05) is 20.3 Å². The van der Waals surface area contributed by atoms with Gasteiger partial charge in [0.05, 0.1) is 7.11 Å². The van der Waals surface area contributed by atoms with Crippen LogP contribution in [-0.2, 0) is 9.47 Å². The lowest BCUT2D eigenvalue weighted by Gasteiger charge is -2.24. The van der Waals surface area contributed by atoms with Crippen LogP contribution in [0.15, 0.2) is 12.1 Å². The number of rotatable bonds is 7. The molecule has 0 saturated carbocycles. The Kier molecular flexibility index (Phi) is 5.69. The highest BCUT2D eigenvalue weighted by Crippen LogP contribution is 2.20. The molecule has 0 aliphatic carbocycles. The van der Waals surface area contributed by atoms with Crippen LogP contribution in [0.5, 0.6) is 0 Å². The van der Waals surface area contributed by atoms with Gasteiger partial charge in [-0.1, -0.05) is 13.8 Å². The van der Waals surface area contributed by atoms with Gasteiger partial charge in [0.1, 0.15) is 5.82 Å². The Bertz CT molecular complexity index is 404. The molecule has 0 aromatic carbocycles. The number of hydrogen-bond acceptors (Lipinski definition) is 6. The van der Waals surface area contributed by atoms with Gasteiger partial charge < -0.3 is 14.8 Å². The van der Waals surface area contributed by atoms with Crippen molar-refractivity contribution in [2.75, 3.05) is 32.7 Å². The molecule has 1 rings (SSSR count). The predicted octanol–water partition coefficient (Wildman–Crippen LogP) is 1.74. The van der Waals surface area contributed by atoms with Gasteiger partial charge in [0.2, 0.25) is 0 Å². The van der Waals surface area contributed by atoms with Gasteiger partial charge in [-0.25, -0.2) is 4.79 Å². The van der Waals surface area contributed by atoms with E-state index in [9.17, 15) is 4.79 Å². The van der Waals surface area contributed by atoms with E-state index in [-0.39, 0.29) is 11.1 Å². The van der Waals surface area contributed by atoms with Crippen LogP contribution in [0.25, 0.3) is 0 Å². The second-order valence-electron chi connectivity index (χ2n) is 5.06. The number of carbonyl (C=O) groups excluding carboxylic acids is 1. The normalized spacial score (nSPS) is 11.2. The van der Waals surface area contributed by atoms with Crippen LogP contribution in [0.4, 0.5) is 5.82 Å². The summed E-state index contributed by atoms with van der Waals surface area (Å²) in [5.74, 6) is 0.151. The molecule has 0 aliphatic heterocycles. The summed E-state index contributed by atoms with van der Waals surface area (Å²) >= 11 is 0. The third-order valence-corrected chi connectivity index (χ3v) is 2.79. The molecule has 0 unspecified atom stereocenters. The zero-order valence-corrected chi connectivity index (χ0v) is 11.9. The van der Waals surface area contributed by atoms with Gasteiger partial charge in [-0.15, -0.1) is 10.2 Å². The number of nitrogens with one attached hydrogen (secondary N) is 1. The summed E-state index contributed by atoms with van der Waals surface area (Å²) in [7, 11) is 3.01. The first-order valence-electron chi connectivity index (χ1n) is 6.13. The van der Waals surface area contributed by atoms with E-state index in [0.29, 0.717) is 5.82 Å². The quantitative estimate of drug-likeness (QED) is 0.759. The molecule has 0 bridgehead atoms. The zero-order chi connectivity index (χ0) is 14.3. The Balaban J connectivity index is 2.52. The fourth-order valence-electron chi connectivity index (χ4n) is 1.44. The van der Waals surface area contributed by atoms with Gasteiger partial charge in [0.25, 0.3) is 0 Å². The van der Waals surface area contributed by atoms with Crippen LogP contribution in [0, 0.1) is 5.41 Å². The topological polar surface area (TPSA) is 73.3 Å². The molecule has 0 radical (unpaired) electrons. The molecule has 0 amide bonds. The minimum atomic E-state index is -0.487. The smallest absolute Gasteiger partial charge is 0.358 e. The summed E-state index contributed by atoms with van der Waals surface area (Å²) in [5, 5.41) is 10.9. The Morgan fingerprint density at radius 1 is 1.32 bits per heavy atom. The molecule has 0 atom stereocenters. The Labute approximate surface area is 113 Å². The summed E-state index contributed by atoms with van der Waals surface area (Å²) < 4.78 is 9.64. The van der Waals surface area contributed by atoms with E-state index in [4.69, 9.17) is 4.74 Å². The van der Waals surface area contributed by atoms with Crippen LogP contribution < -0.4 is 5.32 Å². The molecule has 0 fully saturated rings. The SMILES string of the molecule is COCCC(C)(C)CNc1ccc(C(=O)OC)nn1. The van der Waals surface area contributed by atoms with E-state index < -0.39 is 5.97 Å². The fraction of sp³-hybridized carbons (Fsp3) is 0.615. The van der Waals surface area contributed by atoms with E-state index >= 15 is 0 Å². The van der Waals surface area contributed by atoms with Gasteiger partial charge >= 0.3 is 5.97 Å². The lowest BCUT2D eigenvalue weighted by atomic mass is 9.90. The van der Waals surface area contributed by atoms with Crippen molar-refractivity contribution < 1.29 is 14.3 Å². The molecule has 106 valence electrons. The minimum absolute atomic E-state index is 0.0959. The molecular formula is C13H21N3O3. The summed E-state index contributed by atoms with van der Waals surface area (Å²) in [6.45, 7) is 5.77. The van der Waals surface area contributed by atoms with E-state index in [1.807, 2.05) is 0 Å². The van der Waals surface area contributed by atoms with Crippen molar-refractivity contribution in [3.8, 4) is 0 Å². The molecule has 6 nitrogen and oxygen atoms in total. The molecule has 1 N–H and O–H groups in total. The summed E-state index contributed by atoms with van der Waals surface area (Å²) in [6.07, 6.45) is 0.949. The van der Waals surface area contributed by atoms with Crippen LogP contribution in [-0.4, -0.2) is 43.5 Å². The summed E-state index contributed by atoms with van der Waals surface area (Å²) in [4.78, 5) is 11.2. The van der Waals surface area contributed by atoms with Crippen molar-refractivity contribution >= 4 is 11.8 Å². The molecule has 0 aliphatic rings. The Hall–Kier alpha value is -1.69. The van der Waals surface area contributed by atoms with Crippen LogP contribution in [0.3, 0.4) is 0 Å². The van der Waals surface area contributed by atoms with Crippen molar-refractivity contribution in [2.45, 2.75) is 20.3 Å². The Morgan fingerprint density at radius 3 is 2.58 bits per heavy atom. The number of nitrogens with zero attached hydrogens (tertiary/aromatic N) is 2. The lowest BCUT2D eigenvalue weighted by Crippen LogP contribution is -2.25. The number of ether oxygens (including phenoxy) is 2. The molecule has 0 spiro atoms. The van der Waals surface area contributed by atoms with Crippen molar-refractivity contribution in [1.29, 1.82) is 0 Å². The lowest BCUT2D eigenvalue weighted by molar-refractivity contribution is 0.0592. The third-order valence-electron chi connectivity index (χ3n) is 2.79. The number of anilines is 1. The molecule has 0 saturated heterocycles. The summed E-state index contributed by atoms with van der Waals surface area (Å²) in [6, 6.07) is 3.30.